The predicted molar refractivity (Wildman–Crippen MR) is 125 cm³/mol. The fourth-order valence-electron chi connectivity index (χ4n) is 5.41. The number of piperazine rings is 1. The fourth-order valence-corrected chi connectivity index (χ4v) is 5.41. The Labute approximate surface area is 188 Å². The molecule has 1 atom stereocenters. The van der Waals surface area contributed by atoms with Gasteiger partial charge in [-0.25, -0.2) is 4.68 Å². The van der Waals surface area contributed by atoms with Gasteiger partial charge in [0.05, 0.1) is 11.6 Å². The molecule has 1 N–H and O–H groups in total. The molecule has 1 aliphatic heterocycles. The van der Waals surface area contributed by atoms with Crippen LogP contribution in [0.15, 0.2) is 29.1 Å². The standard InChI is InChI=1S/C24H33N7O/c1-3-29-12-14-30(15-13-29)22(23-26-27-28-31(23)19-10-5-4-6-11-19)20-16-18-9-7-8-17(2)21(18)25-24(20)32/h7-9,16,19,22H,3-6,10-15H2,1-2H3,(H,25,32)/t22-/m1/s1. The minimum Gasteiger partial charge on any atom is -0.321 e. The van der Waals surface area contributed by atoms with E-state index in [-0.39, 0.29) is 11.6 Å². The van der Waals surface area contributed by atoms with Gasteiger partial charge in [-0.15, -0.1) is 5.10 Å². The zero-order valence-electron chi connectivity index (χ0n) is 19.1. The molecular formula is C24H33N7O. The maximum atomic E-state index is 13.4. The third-order valence-corrected chi connectivity index (χ3v) is 7.31. The van der Waals surface area contributed by atoms with Gasteiger partial charge in [0.1, 0.15) is 6.04 Å². The first-order chi connectivity index (χ1) is 15.7. The monoisotopic (exact) mass is 435 g/mol. The number of rotatable bonds is 5. The average molecular weight is 436 g/mol. The van der Waals surface area contributed by atoms with Crippen LogP contribution in [0.3, 0.4) is 0 Å². The van der Waals surface area contributed by atoms with Crippen molar-refractivity contribution < 1.29 is 0 Å². The summed E-state index contributed by atoms with van der Waals surface area (Å²) < 4.78 is 2.02. The Morgan fingerprint density at radius 3 is 2.66 bits per heavy atom. The Kier molecular flexibility index (Phi) is 6.06. The third-order valence-electron chi connectivity index (χ3n) is 7.31. The van der Waals surface area contributed by atoms with Crippen molar-refractivity contribution in [3.63, 3.8) is 0 Å². The molecule has 0 spiro atoms. The summed E-state index contributed by atoms with van der Waals surface area (Å²) >= 11 is 0. The maximum Gasteiger partial charge on any atom is 0.253 e. The number of benzene rings is 1. The molecule has 3 aromatic rings. The van der Waals surface area contributed by atoms with Crippen LogP contribution in [0.1, 0.15) is 68.1 Å². The number of H-pyrrole nitrogens is 1. The summed E-state index contributed by atoms with van der Waals surface area (Å²) in [5.74, 6) is 0.805. The number of aryl methyl sites for hydroxylation is 1. The number of hydrogen-bond donors (Lipinski definition) is 1. The number of pyridine rings is 1. The van der Waals surface area contributed by atoms with E-state index in [2.05, 4.69) is 49.4 Å². The molecule has 1 aromatic carbocycles. The van der Waals surface area contributed by atoms with Crippen LogP contribution < -0.4 is 5.56 Å². The predicted octanol–water partition coefficient (Wildman–Crippen LogP) is 3.06. The second kappa shape index (κ2) is 9.11. The Balaban J connectivity index is 1.61. The van der Waals surface area contributed by atoms with Crippen molar-refractivity contribution in [2.45, 2.75) is 58.0 Å². The summed E-state index contributed by atoms with van der Waals surface area (Å²) in [7, 11) is 0. The first-order valence-corrected chi connectivity index (χ1v) is 12.0. The molecule has 0 unspecified atom stereocenters. The topological polar surface area (TPSA) is 82.9 Å². The number of aromatic nitrogens is 5. The molecule has 2 aliphatic rings. The van der Waals surface area contributed by atoms with E-state index in [0.29, 0.717) is 6.04 Å². The lowest BCUT2D eigenvalue weighted by Gasteiger charge is -2.38. The number of likely N-dealkylation sites (N-methyl/N-ethyl adjacent to an activating group) is 1. The number of tetrazole rings is 1. The zero-order valence-corrected chi connectivity index (χ0v) is 19.1. The van der Waals surface area contributed by atoms with Crippen LogP contribution in [-0.4, -0.2) is 67.7 Å². The summed E-state index contributed by atoms with van der Waals surface area (Å²) in [4.78, 5) is 21.4. The van der Waals surface area contributed by atoms with Crippen LogP contribution in [-0.2, 0) is 0 Å². The van der Waals surface area contributed by atoms with Crippen molar-refractivity contribution >= 4 is 10.9 Å². The molecule has 32 heavy (non-hydrogen) atoms. The first-order valence-electron chi connectivity index (χ1n) is 12.0. The van der Waals surface area contributed by atoms with E-state index in [1.54, 1.807) is 0 Å². The van der Waals surface area contributed by atoms with Gasteiger partial charge in [-0.1, -0.05) is 44.4 Å². The van der Waals surface area contributed by atoms with Gasteiger partial charge in [0, 0.05) is 31.7 Å². The molecular weight excluding hydrogens is 402 g/mol. The van der Waals surface area contributed by atoms with Crippen LogP contribution in [0.25, 0.3) is 10.9 Å². The van der Waals surface area contributed by atoms with Gasteiger partial charge in [-0.2, -0.15) is 0 Å². The molecule has 2 fully saturated rings. The molecule has 1 saturated heterocycles. The van der Waals surface area contributed by atoms with Gasteiger partial charge in [0.2, 0.25) is 0 Å². The van der Waals surface area contributed by atoms with Crippen molar-refractivity contribution in [1.29, 1.82) is 0 Å². The summed E-state index contributed by atoms with van der Waals surface area (Å²) in [5.41, 5.74) is 2.67. The largest absolute Gasteiger partial charge is 0.321 e. The Morgan fingerprint density at radius 2 is 1.91 bits per heavy atom. The Morgan fingerprint density at radius 1 is 1.12 bits per heavy atom. The Hall–Kier alpha value is -2.58. The van der Waals surface area contributed by atoms with Crippen LogP contribution in [0.4, 0.5) is 0 Å². The van der Waals surface area contributed by atoms with Gasteiger partial charge in [-0.3, -0.25) is 9.69 Å². The molecule has 2 aromatic heterocycles. The van der Waals surface area contributed by atoms with Gasteiger partial charge in [0.25, 0.3) is 5.56 Å². The smallest absolute Gasteiger partial charge is 0.253 e. The lowest BCUT2D eigenvalue weighted by atomic mass is 9.95. The van der Waals surface area contributed by atoms with E-state index in [1.165, 1.54) is 19.3 Å². The zero-order chi connectivity index (χ0) is 22.1. The van der Waals surface area contributed by atoms with Crippen molar-refractivity contribution in [3.8, 4) is 0 Å². The molecule has 170 valence electrons. The number of nitrogens with one attached hydrogen (secondary N) is 1. The maximum absolute atomic E-state index is 13.4. The van der Waals surface area contributed by atoms with Crippen LogP contribution in [0.5, 0.6) is 0 Å². The van der Waals surface area contributed by atoms with E-state index >= 15 is 0 Å². The molecule has 0 radical (unpaired) electrons. The second-order valence-electron chi connectivity index (χ2n) is 9.24. The quantitative estimate of drug-likeness (QED) is 0.663. The number of fused-ring (bicyclic) bond motifs is 1. The number of para-hydroxylation sites is 1. The van der Waals surface area contributed by atoms with Crippen LogP contribution in [0, 0.1) is 6.92 Å². The van der Waals surface area contributed by atoms with E-state index in [4.69, 9.17) is 0 Å². The Bertz CT molecular complexity index is 1120. The van der Waals surface area contributed by atoms with Gasteiger partial charge < -0.3 is 9.88 Å². The lowest BCUT2D eigenvalue weighted by Crippen LogP contribution is -2.49. The summed E-state index contributed by atoms with van der Waals surface area (Å²) in [6.07, 6.45) is 5.89. The summed E-state index contributed by atoms with van der Waals surface area (Å²) in [6, 6.07) is 8.26. The van der Waals surface area contributed by atoms with Crippen molar-refractivity contribution in [2.24, 2.45) is 0 Å². The second-order valence-corrected chi connectivity index (χ2v) is 9.24. The van der Waals surface area contributed by atoms with Gasteiger partial charge in [-0.05, 0) is 53.8 Å². The number of aromatic amines is 1. The number of hydrogen-bond acceptors (Lipinski definition) is 6. The molecule has 0 bridgehead atoms. The first kappa shape index (κ1) is 21.3. The minimum absolute atomic E-state index is 0.0482. The van der Waals surface area contributed by atoms with E-state index in [0.717, 1.165) is 73.4 Å². The molecule has 0 amide bonds. The minimum atomic E-state index is -0.250. The highest BCUT2D eigenvalue weighted by Gasteiger charge is 2.34. The van der Waals surface area contributed by atoms with Crippen LogP contribution in [0.2, 0.25) is 0 Å². The summed E-state index contributed by atoms with van der Waals surface area (Å²) in [6.45, 7) is 9.04. The SMILES string of the molecule is CCN1CCN([C@H](c2cc3cccc(C)c3[nH]c2=O)c2nnnn2C2CCCCC2)CC1. The lowest BCUT2D eigenvalue weighted by molar-refractivity contribution is 0.106. The molecule has 8 nitrogen and oxygen atoms in total. The van der Waals surface area contributed by atoms with E-state index in [1.807, 2.05) is 23.7 Å². The normalized spacial score (nSPS) is 20.1. The van der Waals surface area contributed by atoms with Crippen molar-refractivity contribution in [3.05, 3.63) is 51.6 Å². The third kappa shape index (κ3) is 3.97. The van der Waals surface area contributed by atoms with Crippen molar-refractivity contribution in [1.82, 2.24) is 35.0 Å². The fraction of sp³-hybridized carbons (Fsp3) is 0.583. The molecule has 3 heterocycles. The van der Waals surface area contributed by atoms with Crippen molar-refractivity contribution in [2.75, 3.05) is 32.7 Å². The van der Waals surface area contributed by atoms with Gasteiger partial charge in [0.15, 0.2) is 5.82 Å². The van der Waals surface area contributed by atoms with Crippen LogP contribution >= 0.6 is 0 Å². The molecule has 8 heteroatoms. The molecule has 1 saturated carbocycles. The molecule has 1 aliphatic carbocycles. The van der Waals surface area contributed by atoms with Gasteiger partial charge >= 0.3 is 0 Å². The highest BCUT2D eigenvalue weighted by molar-refractivity contribution is 5.82. The highest BCUT2D eigenvalue weighted by Crippen LogP contribution is 2.33. The summed E-state index contributed by atoms with van der Waals surface area (Å²) in [5, 5.41) is 14.1. The van der Waals surface area contributed by atoms with E-state index < -0.39 is 0 Å². The molecule has 5 rings (SSSR count). The van der Waals surface area contributed by atoms with E-state index in [9.17, 15) is 4.79 Å². The highest BCUT2D eigenvalue weighted by atomic mass is 16.1. The number of nitrogens with zero attached hydrogens (tertiary/aromatic N) is 6. The average Bonchev–Trinajstić information content (AvgIpc) is 3.31.